The summed E-state index contributed by atoms with van der Waals surface area (Å²) in [6.07, 6.45) is 1.64. The maximum absolute atomic E-state index is 12.8. The first kappa shape index (κ1) is 22.3. The monoisotopic (exact) mass is 449 g/mol. The Morgan fingerprint density at radius 1 is 1.10 bits per heavy atom. The molecular formula is C21H24ClN3O4S. The van der Waals surface area contributed by atoms with Gasteiger partial charge in [0.25, 0.3) is 0 Å². The number of carbonyl (C=O) groups is 2. The molecule has 1 atom stereocenters. The van der Waals surface area contributed by atoms with Crippen molar-refractivity contribution >= 4 is 39.1 Å². The molecule has 1 fully saturated rings. The molecular weight excluding hydrogens is 426 g/mol. The third-order valence-corrected chi connectivity index (χ3v) is 7.11. The van der Waals surface area contributed by atoms with E-state index in [-0.39, 0.29) is 27.9 Å². The fourth-order valence-corrected chi connectivity index (χ4v) is 5.12. The van der Waals surface area contributed by atoms with E-state index in [9.17, 15) is 18.0 Å². The van der Waals surface area contributed by atoms with Crippen molar-refractivity contribution in [3.05, 3.63) is 59.1 Å². The Bertz CT molecular complexity index is 1020. The molecule has 3 rings (SSSR count). The molecule has 0 aromatic heterocycles. The van der Waals surface area contributed by atoms with Crippen LogP contribution in [-0.4, -0.2) is 37.6 Å². The Labute approximate surface area is 181 Å². The minimum atomic E-state index is -3.63. The molecule has 2 amide bonds. The van der Waals surface area contributed by atoms with E-state index in [1.807, 2.05) is 30.3 Å². The van der Waals surface area contributed by atoms with Crippen LogP contribution in [-0.2, 0) is 19.6 Å². The zero-order valence-corrected chi connectivity index (χ0v) is 18.2. The summed E-state index contributed by atoms with van der Waals surface area (Å²) in [7, 11) is -3.63. The molecule has 1 saturated heterocycles. The van der Waals surface area contributed by atoms with Crippen LogP contribution in [0.1, 0.15) is 37.8 Å². The van der Waals surface area contributed by atoms with E-state index >= 15 is 0 Å². The van der Waals surface area contributed by atoms with Crippen molar-refractivity contribution < 1.29 is 18.0 Å². The van der Waals surface area contributed by atoms with Gasteiger partial charge in [0.15, 0.2) is 0 Å². The third-order valence-electron chi connectivity index (χ3n) is 4.88. The lowest BCUT2D eigenvalue weighted by Crippen LogP contribution is -2.30. The molecule has 1 heterocycles. The SMILES string of the molecule is CC(=O)NC(CC(=O)Nc1cc(S(=O)(=O)N2CCCC2)ccc1Cl)c1ccccc1. The highest BCUT2D eigenvalue weighted by atomic mass is 35.5. The maximum atomic E-state index is 12.8. The van der Waals surface area contributed by atoms with E-state index in [1.165, 1.54) is 29.4 Å². The summed E-state index contributed by atoms with van der Waals surface area (Å²) in [5.74, 6) is -0.649. The number of benzene rings is 2. The standard InChI is InChI=1S/C21H24ClN3O4S/c1-15(26)23-19(16-7-3-2-4-8-16)14-21(27)24-20-13-17(9-10-18(20)22)30(28,29)25-11-5-6-12-25/h2-4,7-10,13,19H,5-6,11-12,14H2,1H3,(H,23,26)(H,24,27). The van der Waals surface area contributed by atoms with Crippen LogP contribution in [0.15, 0.2) is 53.4 Å². The number of nitrogens with zero attached hydrogens (tertiary/aromatic N) is 1. The third kappa shape index (κ3) is 5.38. The molecule has 0 saturated carbocycles. The molecule has 1 unspecified atom stereocenters. The molecule has 30 heavy (non-hydrogen) atoms. The van der Waals surface area contributed by atoms with Gasteiger partial charge in [0, 0.05) is 20.0 Å². The Morgan fingerprint density at radius 3 is 2.40 bits per heavy atom. The second kappa shape index (κ2) is 9.59. The average molecular weight is 450 g/mol. The number of nitrogens with one attached hydrogen (secondary N) is 2. The van der Waals surface area contributed by atoms with Crippen molar-refractivity contribution in [2.45, 2.75) is 37.1 Å². The van der Waals surface area contributed by atoms with Gasteiger partial charge in [-0.3, -0.25) is 9.59 Å². The summed E-state index contributed by atoms with van der Waals surface area (Å²) in [6.45, 7) is 2.36. The van der Waals surface area contributed by atoms with Gasteiger partial charge in [0.1, 0.15) is 0 Å². The van der Waals surface area contributed by atoms with E-state index in [1.54, 1.807) is 0 Å². The predicted molar refractivity (Wildman–Crippen MR) is 116 cm³/mol. The largest absolute Gasteiger partial charge is 0.349 e. The molecule has 1 aliphatic rings. The van der Waals surface area contributed by atoms with Crippen LogP contribution in [0.4, 0.5) is 5.69 Å². The molecule has 0 spiro atoms. The van der Waals surface area contributed by atoms with Crippen LogP contribution in [0.25, 0.3) is 0 Å². The van der Waals surface area contributed by atoms with E-state index in [4.69, 9.17) is 11.6 Å². The summed E-state index contributed by atoms with van der Waals surface area (Å²) in [6, 6.07) is 12.9. The number of sulfonamides is 1. The minimum absolute atomic E-state index is 0.0248. The smallest absolute Gasteiger partial charge is 0.243 e. The number of rotatable bonds is 7. The molecule has 0 bridgehead atoms. The first-order chi connectivity index (χ1) is 14.3. The fourth-order valence-electron chi connectivity index (χ4n) is 3.41. The zero-order valence-electron chi connectivity index (χ0n) is 16.6. The van der Waals surface area contributed by atoms with Gasteiger partial charge in [-0.25, -0.2) is 8.42 Å². The molecule has 160 valence electrons. The molecule has 9 heteroatoms. The highest BCUT2D eigenvalue weighted by Crippen LogP contribution is 2.29. The number of carbonyl (C=O) groups excluding carboxylic acids is 2. The Hall–Kier alpha value is -2.42. The van der Waals surface area contributed by atoms with Crippen molar-refractivity contribution in [1.82, 2.24) is 9.62 Å². The molecule has 2 N–H and O–H groups in total. The maximum Gasteiger partial charge on any atom is 0.243 e. The Balaban J connectivity index is 1.77. The molecule has 0 aliphatic carbocycles. The van der Waals surface area contributed by atoms with Crippen LogP contribution in [0.3, 0.4) is 0 Å². The highest BCUT2D eigenvalue weighted by molar-refractivity contribution is 7.89. The van der Waals surface area contributed by atoms with Crippen molar-refractivity contribution in [3.8, 4) is 0 Å². The number of amides is 2. The second-order valence-corrected chi connectivity index (χ2v) is 9.51. The highest BCUT2D eigenvalue weighted by Gasteiger charge is 2.28. The first-order valence-corrected chi connectivity index (χ1v) is 11.5. The van der Waals surface area contributed by atoms with Crippen LogP contribution < -0.4 is 10.6 Å². The van der Waals surface area contributed by atoms with Crippen LogP contribution in [0.5, 0.6) is 0 Å². The molecule has 2 aromatic rings. The van der Waals surface area contributed by atoms with Gasteiger partial charge in [-0.15, -0.1) is 0 Å². The molecule has 0 radical (unpaired) electrons. The summed E-state index contributed by atoms with van der Waals surface area (Å²) in [5, 5.41) is 5.68. The molecule has 1 aliphatic heterocycles. The lowest BCUT2D eigenvalue weighted by molar-refractivity contribution is -0.120. The Kier molecular flexibility index (Phi) is 7.12. The van der Waals surface area contributed by atoms with Crippen molar-refractivity contribution in [2.24, 2.45) is 0 Å². The summed E-state index contributed by atoms with van der Waals surface area (Å²) < 4.78 is 27.0. The summed E-state index contributed by atoms with van der Waals surface area (Å²) in [4.78, 5) is 24.3. The van der Waals surface area contributed by atoms with Gasteiger partial charge in [-0.2, -0.15) is 4.31 Å². The summed E-state index contributed by atoms with van der Waals surface area (Å²) >= 11 is 6.20. The lowest BCUT2D eigenvalue weighted by atomic mass is 10.0. The number of hydrogen-bond donors (Lipinski definition) is 2. The quantitative estimate of drug-likeness (QED) is 0.677. The Morgan fingerprint density at radius 2 is 1.77 bits per heavy atom. The first-order valence-electron chi connectivity index (χ1n) is 9.69. The molecule has 7 nitrogen and oxygen atoms in total. The zero-order chi connectivity index (χ0) is 21.7. The van der Waals surface area contributed by atoms with E-state index in [0.29, 0.717) is 13.1 Å². The van der Waals surface area contributed by atoms with Gasteiger partial charge in [-0.05, 0) is 36.6 Å². The van der Waals surface area contributed by atoms with Crippen LogP contribution in [0, 0.1) is 0 Å². The van der Waals surface area contributed by atoms with E-state index in [0.717, 1.165) is 18.4 Å². The van der Waals surface area contributed by atoms with E-state index < -0.39 is 22.0 Å². The second-order valence-electron chi connectivity index (χ2n) is 7.17. The van der Waals surface area contributed by atoms with E-state index in [2.05, 4.69) is 10.6 Å². The van der Waals surface area contributed by atoms with Gasteiger partial charge in [0.05, 0.1) is 28.1 Å². The van der Waals surface area contributed by atoms with Crippen molar-refractivity contribution in [1.29, 1.82) is 0 Å². The number of halogens is 1. The summed E-state index contributed by atoms with van der Waals surface area (Å²) in [5.41, 5.74) is 1.01. The van der Waals surface area contributed by atoms with Crippen LogP contribution in [0.2, 0.25) is 5.02 Å². The average Bonchev–Trinajstić information content (AvgIpc) is 3.25. The van der Waals surface area contributed by atoms with Gasteiger partial charge >= 0.3 is 0 Å². The minimum Gasteiger partial charge on any atom is -0.349 e. The van der Waals surface area contributed by atoms with Crippen LogP contribution >= 0.6 is 11.6 Å². The topological polar surface area (TPSA) is 95.6 Å². The van der Waals surface area contributed by atoms with Gasteiger partial charge < -0.3 is 10.6 Å². The van der Waals surface area contributed by atoms with Crippen molar-refractivity contribution in [2.75, 3.05) is 18.4 Å². The fraction of sp³-hybridized carbons (Fsp3) is 0.333. The number of hydrogen-bond acceptors (Lipinski definition) is 4. The predicted octanol–water partition coefficient (Wildman–Crippen LogP) is 3.33. The van der Waals surface area contributed by atoms with Crippen molar-refractivity contribution in [3.63, 3.8) is 0 Å². The molecule has 2 aromatic carbocycles. The lowest BCUT2D eigenvalue weighted by Gasteiger charge is -2.19. The van der Waals surface area contributed by atoms with Gasteiger partial charge in [-0.1, -0.05) is 41.9 Å². The normalized spacial score (nSPS) is 15.5. The number of anilines is 1. The van der Waals surface area contributed by atoms with Gasteiger partial charge in [0.2, 0.25) is 21.8 Å².